The van der Waals surface area contributed by atoms with Crippen LogP contribution in [0.4, 0.5) is 5.69 Å². The van der Waals surface area contributed by atoms with Gasteiger partial charge < -0.3 is 10.2 Å². The van der Waals surface area contributed by atoms with E-state index in [9.17, 15) is 18.0 Å². The van der Waals surface area contributed by atoms with Gasteiger partial charge in [-0.2, -0.15) is 4.31 Å². The summed E-state index contributed by atoms with van der Waals surface area (Å²) in [4.78, 5) is 26.3. The maximum absolute atomic E-state index is 13.0. The third-order valence-corrected chi connectivity index (χ3v) is 7.37. The zero-order chi connectivity index (χ0) is 22.3. The number of fused-ring (bicyclic) bond motifs is 1. The van der Waals surface area contributed by atoms with Gasteiger partial charge in [0.1, 0.15) is 0 Å². The molecule has 1 aliphatic heterocycles. The number of carbonyl (C=O) groups excluding carboxylic acids is 2. The van der Waals surface area contributed by atoms with Gasteiger partial charge in [0.15, 0.2) is 0 Å². The Morgan fingerprint density at radius 2 is 1.80 bits per heavy atom. The second kappa shape index (κ2) is 8.02. The lowest BCUT2D eigenvalue weighted by Crippen LogP contribution is -2.38. The van der Waals surface area contributed by atoms with Crippen LogP contribution in [-0.2, 0) is 31.6 Å². The zero-order valence-electron chi connectivity index (χ0n) is 17.3. The van der Waals surface area contributed by atoms with Crippen molar-refractivity contribution in [3.05, 3.63) is 58.6 Å². The van der Waals surface area contributed by atoms with Crippen molar-refractivity contribution in [2.75, 3.05) is 25.5 Å². The summed E-state index contributed by atoms with van der Waals surface area (Å²) in [5.74, 6) is -0.519. The van der Waals surface area contributed by atoms with Crippen LogP contribution in [-0.4, -0.2) is 45.2 Å². The molecule has 1 heterocycles. The highest BCUT2D eigenvalue weighted by molar-refractivity contribution is 7.89. The van der Waals surface area contributed by atoms with E-state index in [1.54, 1.807) is 51.2 Å². The van der Waals surface area contributed by atoms with E-state index in [0.29, 0.717) is 16.3 Å². The van der Waals surface area contributed by atoms with E-state index >= 15 is 0 Å². The Labute approximate surface area is 181 Å². The Morgan fingerprint density at radius 1 is 1.17 bits per heavy atom. The first kappa shape index (κ1) is 22.3. The summed E-state index contributed by atoms with van der Waals surface area (Å²) in [5.41, 5.74) is 1.38. The van der Waals surface area contributed by atoms with Crippen molar-refractivity contribution >= 4 is 39.1 Å². The zero-order valence-corrected chi connectivity index (χ0v) is 18.8. The number of rotatable bonds is 6. The van der Waals surface area contributed by atoms with Gasteiger partial charge in [-0.05, 0) is 55.3 Å². The Bertz CT molecular complexity index is 1100. The number of anilines is 1. The van der Waals surface area contributed by atoms with Crippen molar-refractivity contribution in [1.29, 1.82) is 0 Å². The van der Waals surface area contributed by atoms with Gasteiger partial charge in [0.05, 0.1) is 16.9 Å². The SMILES string of the molecule is CN1C(=O)C(C)(C)c2cc(S(=O)(=O)N(C)CC(=O)NCc3ccc(Cl)cc3)ccc21. The smallest absolute Gasteiger partial charge is 0.243 e. The molecule has 0 spiro atoms. The first-order chi connectivity index (χ1) is 13.9. The van der Waals surface area contributed by atoms with Crippen molar-refractivity contribution in [2.24, 2.45) is 0 Å². The van der Waals surface area contributed by atoms with Gasteiger partial charge in [0, 0.05) is 31.4 Å². The molecule has 3 rings (SSSR count). The van der Waals surface area contributed by atoms with E-state index in [1.807, 2.05) is 0 Å². The lowest BCUT2D eigenvalue weighted by Gasteiger charge is -2.19. The molecule has 0 bridgehead atoms. The second-order valence-corrected chi connectivity index (χ2v) is 10.3. The number of nitrogens with one attached hydrogen (secondary N) is 1. The Hall–Kier alpha value is -2.42. The van der Waals surface area contributed by atoms with Crippen LogP contribution >= 0.6 is 11.6 Å². The molecule has 0 aromatic heterocycles. The van der Waals surface area contributed by atoms with Crippen LogP contribution in [0.5, 0.6) is 0 Å². The molecule has 0 radical (unpaired) electrons. The van der Waals surface area contributed by atoms with Crippen LogP contribution in [0.2, 0.25) is 5.02 Å². The van der Waals surface area contributed by atoms with E-state index < -0.39 is 21.3 Å². The minimum absolute atomic E-state index is 0.0467. The third kappa shape index (κ3) is 4.08. The minimum Gasteiger partial charge on any atom is -0.351 e. The number of sulfonamides is 1. The Balaban J connectivity index is 1.72. The Morgan fingerprint density at radius 3 is 2.43 bits per heavy atom. The number of carbonyl (C=O) groups is 2. The average Bonchev–Trinajstić information content (AvgIpc) is 2.87. The summed E-state index contributed by atoms with van der Waals surface area (Å²) in [6.45, 7) is 3.48. The van der Waals surface area contributed by atoms with Crippen molar-refractivity contribution in [3.63, 3.8) is 0 Å². The lowest BCUT2D eigenvalue weighted by molar-refractivity contribution is -0.122. The average molecular weight is 450 g/mol. The molecule has 0 saturated carbocycles. The van der Waals surface area contributed by atoms with E-state index in [2.05, 4.69) is 5.32 Å². The monoisotopic (exact) mass is 449 g/mol. The lowest BCUT2D eigenvalue weighted by atomic mass is 9.86. The molecule has 2 amide bonds. The highest BCUT2D eigenvalue weighted by atomic mass is 35.5. The fourth-order valence-electron chi connectivity index (χ4n) is 3.44. The molecular formula is C21H24ClN3O4S. The molecule has 2 aromatic carbocycles. The fourth-order valence-corrected chi connectivity index (χ4v) is 4.72. The highest BCUT2D eigenvalue weighted by Gasteiger charge is 2.43. The number of hydrogen-bond acceptors (Lipinski definition) is 4. The van der Waals surface area contributed by atoms with Crippen LogP contribution in [0.15, 0.2) is 47.4 Å². The van der Waals surface area contributed by atoms with Crippen molar-refractivity contribution in [1.82, 2.24) is 9.62 Å². The topological polar surface area (TPSA) is 86.8 Å². The van der Waals surface area contributed by atoms with E-state index in [0.717, 1.165) is 9.87 Å². The summed E-state index contributed by atoms with van der Waals surface area (Å²) in [5, 5.41) is 3.30. The van der Waals surface area contributed by atoms with Crippen molar-refractivity contribution in [3.8, 4) is 0 Å². The van der Waals surface area contributed by atoms with Crippen LogP contribution in [0.1, 0.15) is 25.0 Å². The van der Waals surface area contributed by atoms with Crippen LogP contribution in [0.3, 0.4) is 0 Å². The minimum atomic E-state index is -3.90. The van der Waals surface area contributed by atoms with E-state index in [1.165, 1.54) is 24.1 Å². The molecule has 0 aliphatic carbocycles. The van der Waals surface area contributed by atoms with Crippen LogP contribution < -0.4 is 10.2 Å². The van der Waals surface area contributed by atoms with E-state index in [-0.39, 0.29) is 23.9 Å². The summed E-state index contributed by atoms with van der Waals surface area (Å²) >= 11 is 5.84. The molecule has 7 nitrogen and oxygen atoms in total. The molecule has 160 valence electrons. The molecule has 1 aliphatic rings. The number of halogens is 1. The summed E-state index contributed by atoms with van der Waals surface area (Å²) in [7, 11) is -0.882. The normalized spacial score (nSPS) is 15.4. The number of benzene rings is 2. The summed E-state index contributed by atoms with van der Waals surface area (Å²) in [6.07, 6.45) is 0. The molecular weight excluding hydrogens is 426 g/mol. The van der Waals surface area contributed by atoms with Gasteiger partial charge in [-0.25, -0.2) is 8.42 Å². The molecule has 0 unspecified atom stereocenters. The number of hydrogen-bond donors (Lipinski definition) is 1. The van der Waals surface area contributed by atoms with Gasteiger partial charge in [-0.3, -0.25) is 9.59 Å². The van der Waals surface area contributed by atoms with Gasteiger partial charge in [-0.15, -0.1) is 0 Å². The van der Waals surface area contributed by atoms with Gasteiger partial charge in [-0.1, -0.05) is 23.7 Å². The maximum Gasteiger partial charge on any atom is 0.243 e. The third-order valence-electron chi connectivity index (χ3n) is 5.32. The Kier molecular flexibility index (Phi) is 5.95. The largest absolute Gasteiger partial charge is 0.351 e. The molecule has 2 aromatic rings. The van der Waals surface area contributed by atoms with Gasteiger partial charge in [0.25, 0.3) is 0 Å². The number of amides is 2. The van der Waals surface area contributed by atoms with Gasteiger partial charge >= 0.3 is 0 Å². The fraction of sp³-hybridized carbons (Fsp3) is 0.333. The predicted molar refractivity (Wildman–Crippen MR) is 116 cm³/mol. The molecule has 0 atom stereocenters. The van der Waals surface area contributed by atoms with Crippen molar-refractivity contribution < 1.29 is 18.0 Å². The van der Waals surface area contributed by atoms with Crippen LogP contribution in [0.25, 0.3) is 0 Å². The first-order valence-corrected chi connectivity index (χ1v) is 11.2. The maximum atomic E-state index is 13.0. The number of nitrogens with zero attached hydrogens (tertiary/aromatic N) is 2. The molecule has 30 heavy (non-hydrogen) atoms. The van der Waals surface area contributed by atoms with Crippen LogP contribution in [0, 0.1) is 0 Å². The summed E-state index contributed by atoms with van der Waals surface area (Å²) in [6, 6.07) is 11.6. The standard InChI is InChI=1S/C21H24ClN3O4S/c1-21(2)17-11-16(9-10-18(17)25(4)20(21)27)30(28,29)24(3)13-19(26)23-12-14-5-7-15(22)8-6-14/h5-11H,12-13H2,1-4H3,(H,23,26). The quantitative estimate of drug-likeness (QED) is 0.734. The van der Waals surface area contributed by atoms with E-state index in [4.69, 9.17) is 11.6 Å². The molecule has 0 saturated heterocycles. The van der Waals surface area contributed by atoms with Crippen molar-refractivity contribution in [2.45, 2.75) is 30.7 Å². The highest BCUT2D eigenvalue weighted by Crippen LogP contribution is 2.41. The molecule has 1 N–H and O–H groups in total. The molecule has 0 fully saturated rings. The predicted octanol–water partition coefficient (Wildman–Crippen LogP) is 2.53. The summed E-state index contributed by atoms with van der Waals surface area (Å²) < 4.78 is 27.0. The first-order valence-electron chi connectivity index (χ1n) is 9.35. The number of likely N-dealkylation sites (N-methyl/N-ethyl adjacent to an activating group) is 2. The van der Waals surface area contributed by atoms with Gasteiger partial charge in [0.2, 0.25) is 21.8 Å². The second-order valence-electron chi connectivity index (χ2n) is 7.83. The molecule has 9 heteroatoms.